The summed E-state index contributed by atoms with van der Waals surface area (Å²) >= 11 is 0. The van der Waals surface area contributed by atoms with Crippen LogP contribution >= 0.6 is 0 Å². The van der Waals surface area contributed by atoms with Crippen molar-refractivity contribution < 1.29 is 4.74 Å². The van der Waals surface area contributed by atoms with Gasteiger partial charge in [-0.25, -0.2) is 0 Å². The maximum Gasteiger partial charge on any atom is 0.188 e. The molecule has 108 valence electrons. The van der Waals surface area contributed by atoms with Gasteiger partial charge in [0, 0.05) is 19.5 Å². The van der Waals surface area contributed by atoms with Crippen molar-refractivity contribution >= 4 is 5.96 Å². The summed E-state index contributed by atoms with van der Waals surface area (Å²) < 4.78 is 5.51. The largest absolute Gasteiger partial charge is 0.493 e. The van der Waals surface area contributed by atoms with Crippen LogP contribution in [0.4, 0.5) is 0 Å². The van der Waals surface area contributed by atoms with Crippen LogP contribution in [0.15, 0.2) is 23.2 Å². The molecule has 1 heterocycles. The van der Waals surface area contributed by atoms with Gasteiger partial charge in [0.2, 0.25) is 0 Å². The summed E-state index contributed by atoms with van der Waals surface area (Å²) in [5.74, 6) is 2.40. The van der Waals surface area contributed by atoms with Gasteiger partial charge in [-0.2, -0.15) is 0 Å². The summed E-state index contributed by atoms with van der Waals surface area (Å²) in [5, 5.41) is 3.20. The fourth-order valence-corrected chi connectivity index (χ4v) is 2.69. The van der Waals surface area contributed by atoms with E-state index in [0.29, 0.717) is 5.96 Å². The molecular formula is C16H23N3O. The number of nitrogens with one attached hydrogen (secondary N) is 1. The molecule has 1 aliphatic heterocycles. The Kier molecular flexibility index (Phi) is 4.09. The first-order valence-corrected chi connectivity index (χ1v) is 7.59. The number of guanidine groups is 1. The monoisotopic (exact) mass is 273 g/mol. The third-order valence-electron chi connectivity index (χ3n) is 4.22. The Bertz CT molecular complexity index is 494. The van der Waals surface area contributed by atoms with Gasteiger partial charge in [0.25, 0.3) is 0 Å². The normalized spacial score (nSPS) is 18.3. The van der Waals surface area contributed by atoms with E-state index in [9.17, 15) is 0 Å². The van der Waals surface area contributed by atoms with Gasteiger partial charge in [0.05, 0.1) is 6.61 Å². The van der Waals surface area contributed by atoms with Crippen molar-refractivity contribution in [3.8, 4) is 5.75 Å². The van der Waals surface area contributed by atoms with Crippen molar-refractivity contribution in [1.29, 1.82) is 0 Å². The molecule has 0 amide bonds. The van der Waals surface area contributed by atoms with Crippen molar-refractivity contribution in [3.63, 3.8) is 0 Å². The standard InChI is InChI=1S/C16H23N3O/c17-16(19-11-13-2-1-3-13)18-8-6-12-4-5-15-14(10-12)7-9-20-15/h4-5,10,13H,1-3,6-9,11H2,(H3,17,18,19). The fraction of sp³-hybridized carbons (Fsp3) is 0.562. The molecule has 4 heteroatoms. The van der Waals surface area contributed by atoms with Crippen LogP contribution in [0.1, 0.15) is 30.4 Å². The van der Waals surface area contributed by atoms with Gasteiger partial charge in [-0.15, -0.1) is 0 Å². The predicted molar refractivity (Wildman–Crippen MR) is 81.2 cm³/mol. The van der Waals surface area contributed by atoms with E-state index in [1.807, 2.05) is 0 Å². The number of hydrogen-bond donors (Lipinski definition) is 2. The van der Waals surface area contributed by atoms with Crippen LogP contribution in [-0.2, 0) is 12.8 Å². The van der Waals surface area contributed by atoms with Gasteiger partial charge in [-0.1, -0.05) is 18.6 Å². The summed E-state index contributed by atoms with van der Waals surface area (Å²) in [5.41, 5.74) is 8.53. The zero-order chi connectivity index (χ0) is 13.8. The molecule has 0 radical (unpaired) electrons. The number of nitrogens with zero attached hydrogens (tertiary/aromatic N) is 1. The lowest BCUT2D eigenvalue weighted by Crippen LogP contribution is -2.34. The molecule has 2 aliphatic rings. The van der Waals surface area contributed by atoms with E-state index in [-0.39, 0.29) is 0 Å². The molecule has 1 saturated carbocycles. The Hall–Kier alpha value is -1.71. The lowest BCUT2D eigenvalue weighted by Gasteiger charge is -2.23. The smallest absolute Gasteiger partial charge is 0.188 e. The summed E-state index contributed by atoms with van der Waals surface area (Å²) in [4.78, 5) is 4.40. The molecule has 0 saturated heterocycles. The topological polar surface area (TPSA) is 59.6 Å². The van der Waals surface area contributed by atoms with Crippen LogP contribution in [-0.4, -0.2) is 25.7 Å². The van der Waals surface area contributed by atoms with Crippen molar-refractivity contribution in [2.24, 2.45) is 16.6 Å². The first-order chi connectivity index (χ1) is 9.81. The van der Waals surface area contributed by atoms with Crippen molar-refractivity contribution in [3.05, 3.63) is 29.3 Å². The maximum absolute atomic E-state index is 5.87. The summed E-state index contributed by atoms with van der Waals surface area (Å²) in [6.45, 7) is 2.53. The van der Waals surface area contributed by atoms with E-state index in [4.69, 9.17) is 10.5 Å². The molecule has 1 aromatic carbocycles. The molecule has 0 unspecified atom stereocenters. The Morgan fingerprint density at radius 1 is 1.40 bits per heavy atom. The zero-order valence-corrected chi connectivity index (χ0v) is 11.9. The van der Waals surface area contributed by atoms with E-state index in [0.717, 1.165) is 44.2 Å². The van der Waals surface area contributed by atoms with Crippen LogP contribution < -0.4 is 15.8 Å². The van der Waals surface area contributed by atoms with Crippen molar-refractivity contribution in [2.45, 2.75) is 32.1 Å². The molecule has 3 N–H and O–H groups in total. The number of ether oxygens (including phenoxy) is 1. The number of aliphatic imine (C=N–C) groups is 1. The molecule has 1 aromatic rings. The third-order valence-corrected chi connectivity index (χ3v) is 4.22. The van der Waals surface area contributed by atoms with E-state index in [1.165, 1.54) is 30.4 Å². The molecular weight excluding hydrogens is 250 g/mol. The minimum Gasteiger partial charge on any atom is -0.493 e. The number of rotatable bonds is 5. The maximum atomic E-state index is 5.87. The highest BCUT2D eigenvalue weighted by Crippen LogP contribution is 2.26. The molecule has 3 rings (SSSR count). The number of fused-ring (bicyclic) bond motifs is 1. The Balaban J connectivity index is 1.42. The van der Waals surface area contributed by atoms with Crippen molar-refractivity contribution in [1.82, 2.24) is 5.32 Å². The lowest BCUT2D eigenvalue weighted by molar-refractivity contribution is 0.326. The van der Waals surface area contributed by atoms with Crippen LogP contribution in [0.25, 0.3) is 0 Å². The molecule has 0 aromatic heterocycles. The molecule has 0 atom stereocenters. The summed E-state index contributed by atoms with van der Waals surface area (Å²) in [6.07, 6.45) is 5.98. The number of nitrogens with two attached hydrogens (primary N) is 1. The van der Waals surface area contributed by atoms with Gasteiger partial charge < -0.3 is 15.8 Å². The Labute approximate surface area is 120 Å². The average molecular weight is 273 g/mol. The van der Waals surface area contributed by atoms with Gasteiger partial charge >= 0.3 is 0 Å². The Morgan fingerprint density at radius 3 is 3.10 bits per heavy atom. The minimum atomic E-state index is 0.585. The summed E-state index contributed by atoms with van der Waals surface area (Å²) in [7, 11) is 0. The van der Waals surface area contributed by atoms with E-state index >= 15 is 0 Å². The number of hydrogen-bond acceptors (Lipinski definition) is 2. The highest BCUT2D eigenvalue weighted by atomic mass is 16.5. The first-order valence-electron chi connectivity index (χ1n) is 7.59. The SMILES string of the molecule is NC(=NCC1CCC1)NCCc1ccc2c(c1)CCO2. The Morgan fingerprint density at radius 2 is 2.30 bits per heavy atom. The van der Waals surface area contributed by atoms with E-state index in [2.05, 4.69) is 28.5 Å². The van der Waals surface area contributed by atoms with Gasteiger partial charge in [-0.05, 0) is 42.4 Å². The summed E-state index contributed by atoms with van der Waals surface area (Å²) in [6, 6.07) is 6.45. The van der Waals surface area contributed by atoms with Gasteiger partial charge in [0.15, 0.2) is 5.96 Å². The molecule has 20 heavy (non-hydrogen) atoms. The molecule has 0 spiro atoms. The second kappa shape index (κ2) is 6.16. The predicted octanol–water partition coefficient (Wildman–Crippen LogP) is 1.87. The minimum absolute atomic E-state index is 0.585. The van der Waals surface area contributed by atoms with Gasteiger partial charge in [-0.3, -0.25) is 4.99 Å². The zero-order valence-electron chi connectivity index (χ0n) is 11.9. The highest BCUT2D eigenvalue weighted by molar-refractivity contribution is 5.77. The van der Waals surface area contributed by atoms with Crippen LogP contribution in [0.2, 0.25) is 0 Å². The average Bonchev–Trinajstić information content (AvgIpc) is 2.84. The second-order valence-electron chi connectivity index (χ2n) is 5.74. The van der Waals surface area contributed by atoms with Crippen LogP contribution in [0, 0.1) is 5.92 Å². The molecule has 4 nitrogen and oxygen atoms in total. The fourth-order valence-electron chi connectivity index (χ4n) is 2.69. The number of benzene rings is 1. The van der Waals surface area contributed by atoms with Crippen LogP contribution in [0.3, 0.4) is 0 Å². The third kappa shape index (κ3) is 3.24. The van der Waals surface area contributed by atoms with Gasteiger partial charge in [0.1, 0.15) is 5.75 Å². The molecule has 0 bridgehead atoms. The lowest BCUT2D eigenvalue weighted by atomic mass is 9.86. The first kappa shape index (κ1) is 13.3. The van der Waals surface area contributed by atoms with Crippen LogP contribution in [0.5, 0.6) is 5.75 Å². The molecule has 1 aliphatic carbocycles. The van der Waals surface area contributed by atoms with E-state index in [1.54, 1.807) is 0 Å². The van der Waals surface area contributed by atoms with Crippen molar-refractivity contribution in [2.75, 3.05) is 19.7 Å². The quantitative estimate of drug-likeness (QED) is 0.636. The van der Waals surface area contributed by atoms with E-state index < -0.39 is 0 Å². The molecule has 1 fully saturated rings. The second-order valence-corrected chi connectivity index (χ2v) is 5.74. The highest BCUT2D eigenvalue weighted by Gasteiger charge is 2.16.